The molecule has 0 amide bonds. The molecule has 0 aliphatic rings. The lowest BCUT2D eigenvalue weighted by Gasteiger charge is -2.25. The van der Waals surface area contributed by atoms with Crippen molar-refractivity contribution >= 4 is 0 Å². The highest BCUT2D eigenvalue weighted by Gasteiger charge is 2.19. The third-order valence-electron chi connectivity index (χ3n) is 2.87. The second kappa shape index (κ2) is 6.61. The quantitative estimate of drug-likeness (QED) is 0.803. The highest BCUT2D eigenvalue weighted by atomic mass is 16.5. The SMILES string of the molecule is CCCNC(c1cnccc1C)C(C)OC. The molecule has 0 spiro atoms. The first-order valence-corrected chi connectivity index (χ1v) is 5.87. The van der Waals surface area contributed by atoms with Crippen LogP contribution in [0, 0.1) is 6.92 Å². The van der Waals surface area contributed by atoms with Gasteiger partial charge in [-0.15, -0.1) is 0 Å². The van der Waals surface area contributed by atoms with Crippen LogP contribution in [-0.4, -0.2) is 24.7 Å². The maximum Gasteiger partial charge on any atom is 0.0738 e. The summed E-state index contributed by atoms with van der Waals surface area (Å²) in [7, 11) is 1.75. The minimum absolute atomic E-state index is 0.148. The Labute approximate surface area is 98.2 Å². The average Bonchev–Trinajstić information content (AvgIpc) is 2.31. The molecule has 90 valence electrons. The minimum atomic E-state index is 0.148. The van der Waals surface area contributed by atoms with Gasteiger partial charge in [-0.3, -0.25) is 4.98 Å². The lowest BCUT2D eigenvalue weighted by molar-refractivity contribution is 0.0827. The minimum Gasteiger partial charge on any atom is -0.380 e. The number of aromatic nitrogens is 1. The lowest BCUT2D eigenvalue weighted by atomic mass is 9.99. The maximum atomic E-state index is 5.43. The molecule has 1 aromatic heterocycles. The van der Waals surface area contributed by atoms with Crippen LogP contribution in [0.4, 0.5) is 0 Å². The summed E-state index contributed by atoms with van der Waals surface area (Å²) in [6.45, 7) is 7.35. The van der Waals surface area contributed by atoms with Crippen molar-refractivity contribution in [3.8, 4) is 0 Å². The molecular formula is C13H22N2O. The van der Waals surface area contributed by atoms with Gasteiger partial charge in [-0.05, 0) is 44.0 Å². The van der Waals surface area contributed by atoms with Crippen LogP contribution in [0.5, 0.6) is 0 Å². The Morgan fingerprint density at radius 1 is 1.50 bits per heavy atom. The smallest absolute Gasteiger partial charge is 0.0738 e. The zero-order chi connectivity index (χ0) is 12.0. The fraction of sp³-hybridized carbons (Fsp3) is 0.615. The highest BCUT2D eigenvalue weighted by Crippen LogP contribution is 2.21. The number of aryl methyl sites for hydroxylation is 1. The molecule has 16 heavy (non-hydrogen) atoms. The standard InChI is InChI=1S/C13H22N2O/c1-5-7-15-13(11(3)16-4)12-9-14-8-6-10(12)2/h6,8-9,11,13,15H,5,7H2,1-4H3. The van der Waals surface area contributed by atoms with Gasteiger partial charge in [0.25, 0.3) is 0 Å². The monoisotopic (exact) mass is 222 g/mol. The maximum absolute atomic E-state index is 5.43. The number of ether oxygens (including phenoxy) is 1. The first-order chi connectivity index (χ1) is 7.70. The van der Waals surface area contributed by atoms with E-state index in [0.29, 0.717) is 0 Å². The van der Waals surface area contributed by atoms with Crippen molar-refractivity contribution in [1.29, 1.82) is 0 Å². The van der Waals surface area contributed by atoms with Crippen molar-refractivity contribution in [2.24, 2.45) is 0 Å². The molecule has 1 rings (SSSR count). The summed E-state index contributed by atoms with van der Waals surface area (Å²) in [5, 5.41) is 3.51. The largest absolute Gasteiger partial charge is 0.380 e. The van der Waals surface area contributed by atoms with Gasteiger partial charge >= 0.3 is 0 Å². The third kappa shape index (κ3) is 3.29. The van der Waals surface area contributed by atoms with Crippen LogP contribution < -0.4 is 5.32 Å². The van der Waals surface area contributed by atoms with Gasteiger partial charge in [-0.25, -0.2) is 0 Å². The molecule has 0 aliphatic heterocycles. The summed E-state index contributed by atoms with van der Waals surface area (Å²) in [6.07, 6.45) is 5.02. The van der Waals surface area contributed by atoms with Gasteiger partial charge in [0.05, 0.1) is 12.1 Å². The van der Waals surface area contributed by atoms with Crippen molar-refractivity contribution < 1.29 is 4.74 Å². The number of hydrogen-bond acceptors (Lipinski definition) is 3. The number of pyridine rings is 1. The van der Waals surface area contributed by atoms with E-state index >= 15 is 0 Å². The van der Waals surface area contributed by atoms with E-state index in [2.05, 4.69) is 31.1 Å². The summed E-state index contributed by atoms with van der Waals surface area (Å²) in [6, 6.07) is 2.26. The second-order valence-electron chi connectivity index (χ2n) is 4.10. The molecule has 0 bridgehead atoms. The number of nitrogens with one attached hydrogen (secondary N) is 1. The van der Waals surface area contributed by atoms with Gasteiger partial charge in [0.15, 0.2) is 0 Å². The Balaban J connectivity index is 2.87. The molecule has 0 saturated carbocycles. The van der Waals surface area contributed by atoms with Crippen LogP contribution in [0.15, 0.2) is 18.5 Å². The van der Waals surface area contributed by atoms with Gasteiger partial charge in [0.2, 0.25) is 0 Å². The van der Waals surface area contributed by atoms with Crippen LogP contribution in [-0.2, 0) is 4.74 Å². The van der Waals surface area contributed by atoms with Gasteiger partial charge < -0.3 is 10.1 Å². The average molecular weight is 222 g/mol. The summed E-state index contributed by atoms with van der Waals surface area (Å²) in [4.78, 5) is 4.20. The van der Waals surface area contributed by atoms with Gasteiger partial charge in [0.1, 0.15) is 0 Å². The fourth-order valence-electron chi connectivity index (χ4n) is 1.77. The highest BCUT2D eigenvalue weighted by molar-refractivity contribution is 5.25. The van der Waals surface area contributed by atoms with E-state index in [1.165, 1.54) is 11.1 Å². The van der Waals surface area contributed by atoms with Crippen molar-refractivity contribution in [3.63, 3.8) is 0 Å². The van der Waals surface area contributed by atoms with E-state index < -0.39 is 0 Å². The molecule has 2 unspecified atom stereocenters. The normalized spacial score (nSPS) is 14.8. The number of rotatable bonds is 6. The van der Waals surface area contributed by atoms with Crippen molar-refractivity contribution in [2.75, 3.05) is 13.7 Å². The first kappa shape index (κ1) is 13.1. The first-order valence-electron chi connectivity index (χ1n) is 5.87. The molecule has 3 nitrogen and oxygen atoms in total. The summed E-state index contributed by atoms with van der Waals surface area (Å²) in [5.41, 5.74) is 2.48. The summed E-state index contributed by atoms with van der Waals surface area (Å²) >= 11 is 0. The molecule has 1 N–H and O–H groups in total. The Morgan fingerprint density at radius 2 is 2.25 bits per heavy atom. The fourth-order valence-corrected chi connectivity index (χ4v) is 1.77. The Morgan fingerprint density at radius 3 is 2.81 bits per heavy atom. The van der Waals surface area contributed by atoms with Crippen LogP contribution in [0.2, 0.25) is 0 Å². The number of nitrogens with zero attached hydrogens (tertiary/aromatic N) is 1. The van der Waals surface area contributed by atoms with E-state index in [4.69, 9.17) is 4.74 Å². The molecule has 1 aromatic rings. The van der Waals surface area contributed by atoms with Gasteiger partial charge in [-0.1, -0.05) is 6.92 Å². The van der Waals surface area contributed by atoms with E-state index in [1.54, 1.807) is 7.11 Å². The van der Waals surface area contributed by atoms with Crippen LogP contribution >= 0.6 is 0 Å². The molecule has 0 saturated heterocycles. The Kier molecular flexibility index (Phi) is 5.43. The van der Waals surface area contributed by atoms with Crippen LogP contribution in [0.1, 0.15) is 37.4 Å². The van der Waals surface area contributed by atoms with E-state index in [0.717, 1.165) is 13.0 Å². The molecule has 0 fully saturated rings. The molecule has 0 aromatic carbocycles. The van der Waals surface area contributed by atoms with Crippen LogP contribution in [0.3, 0.4) is 0 Å². The molecule has 0 aliphatic carbocycles. The van der Waals surface area contributed by atoms with Crippen molar-refractivity contribution in [3.05, 3.63) is 29.6 Å². The molecule has 0 radical (unpaired) electrons. The van der Waals surface area contributed by atoms with E-state index in [1.807, 2.05) is 18.5 Å². The van der Waals surface area contributed by atoms with E-state index in [9.17, 15) is 0 Å². The van der Waals surface area contributed by atoms with Gasteiger partial charge in [0, 0.05) is 19.5 Å². The molecule has 1 heterocycles. The topological polar surface area (TPSA) is 34.2 Å². The Hall–Kier alpha value is -0.930. The molecular weight excluding hydrogens is 200 g/mol. The summed E-state index contributed by atoms with van der Waals surface area (Å²) < 4.78 is 5.43. The number of hydrogen-bond donors (Lipinski definition) is 1. The third-order valence-corrected chi connectivity index (χ3v) is 2.87. The number of methoxy groups -OCH3 is 1. The predicted octanol–water partition coefficient (Wildman–Crippen LogP) is 2.47. The van der Waals surface area contributed by atoms with Crippen molar-refractivity contribution in [2.45, 2.75) is 39.3 Å². The molecule has 2 atom stereocenters. The van der Waals surface area contributed by atoms with Gasteiger partial charge in [-0.2, -0.15) is 0 Å². The zero-order valence-corrected chi connectivity index (χ0v) is 10.7. The van der Waals surface area contributed by atoms with Crippen LogP contribution in [0.25, 0.3) is 0 Å². The molecule has 3 heteroatoms. The summed E-state index contributed by atoms with van der Waals surface area (Å²) in [5.74, 6) is 0. The predicted molar refractivity (Wildman–Crippen MR) is 66.5 cm³/mol. The Bertz CT molecular complexity index is 315. The zero-order valence-electron chi connectivity index (χ0n) is 10.7. The van der Waals surface area contributed by atoms with Crippen molar-refractivity contribution in [1.82, 2.24) is 10.3 Å². The second-order valence-corrected chi connectivity index (χ2v) is 4.10. The lowest BCUT2D eigenvalue weighted by Crippen LogP contribution is -2.32. The van der Waals surface area contributed by atoms with E-state index in [-0.39, 0.29) is 12.1 Å².